The molecule has 1 aromatic rings. The molecular weight excluding hydrogens is 242 g/mol. The number of aryl methyl sites for hydroxylation is 2. The highest BCUT2D eigenvalue weighted by atomic mass is 14.9. The van der Waals surface area contributed by atoms with Gasteiger partial charge in [0.1, 0.15) is 0 Å². The second-order valence-electron chi connectivity index (χ2n) is 7.35. The van der Waals surface area contributed by atoms with Crippen LogP contribution in [-0.4, -0.2) is 13.1 Å². The highest BCUT2D eigenvalue weighted by Gasteiger charge is 2.41. The van der Waals surface area contributed by atoms with Crippen LogP contribution in [-0.2, 0) is 5.41 Å². The highest BCUT2D eigenvalue weighted by molar-refractivity contribution is 5.36. The van der Waals surface area contributed by atoms with E-state index in [9.17, 15) is 0 Å². The summed E-state index contributed by atoms with van der Waals surface area (Å²) in [4.78, 5) is 0. The predicted molar refractivity (Wildman–Crippen MR) is 88.3 cm³/mol. The maximum Gasteiger partial charge on any atom is 0.0103 e. The van der Waals surface area contributed by atoms with Crippen molar-refractivity contribution in [3.63, 3.8) is 0 Å². The zero-order valence-corrected chi connectivity index (χ0v) is 13.9. The first-order valence-electron chi connectivity index (χ1n) is 8.23. The van der Waals surface area contributed by atoms with Crippen molar-refractivity contribution in [2.75, 3.05) is 13.1 Å². The van der Waals surface area contributed by atoms with E-state index in [2.05, 4.69) is 58.1 Å². The number of benzene rings is 1. The molecule has 1 fully saturated rings. The fraction of sp³-hybridized carbons (Fsp3) is 0.684. The van der Waals surface area contributed by atoms with Crippen LogP contribution >= 0.6 is 0 Å². The van der Waals surface area contributed by atoms with Crippen molar-refractivity contribution in [2.24, 2.45) is 11.8 Å². The summed E-state index contributed by atoms with van der Waals surface area (Å²) >= 11 is 0. The summed E-state index contributed by atoms with van der Waals surface area (Å²) in [7, 11) is 0. The van der Waals surface area contributed by atoms with E-state index < -0.39 is 0 Å². The molecule has 1 aliphatic rings. The highest BCUT2D eigenvalue weighted by Crippen LogP contribution is 2.45. The number of rotatable bonds is 5. The molecule has 1 aromatic carbocycles. The fourth-order valence-electron chi connectivity index (χ4n) is 3.89. The number of nitrogens with one attached hydrogen (secondary N) is 1. The van der Waals surface area contributed by atoms with Crippen LogP contribution in [0.1, 0.15) is 56.7 Å². The van der Waals surface area contributed by atoms with E-state index in [1.54, 1.807) is 5.56 Å². The molecule has 0 saturated heterocycles. The zero-order chi connectivity index (χ0) is 14.8. The molecule has 1 saturated carbocycles. The Morgan fingerprint density at radius 3 is 2.35 bits per heavy atom. The lowest BCUT2D eigenvalue weighted by atomic mass is 9.72. The van der Waals surface area contributed by atoms with E-state index in [1.165, 1.54) is 30.4 Å². The van der Waals surface area contributed by atoms with Crippen LogP contribution in [0.2, 0.25) is 0 Å². The van der Waals surface area contributed by atoms with Crippen molar-refractivity contribution in [1.29, 1.82) is 0 Å². The van der Waals surface area contributed by atoms with Crippen molar-refractivity contribution < 1.29 is 0 Å². The van der Waals surface area contributed by atoms with Crippen LogP contribution < -0.4 is 5.32 Å². The normalized spacial score (nSPS) is 26.4. The molecule has 2 atom stereocenters. The van der Waals surface area contributed by atoms with Crippen molar-refractivity contribution in [3.8, 4) is 0 Å². The average molecular weight is 273 g/mol. The minimum Gasteiger partial charge on any atom is -0.316 e. The number of hydrogen-bond acceptors (Lipinski definition) is 1. The molecule has 0 aromatic heterocycles. The largest absolute Gasteiger partial charge is 0.316 e. The molecule has 0 amide bonds. The van der Waals surface area contributed by atoms with E-state index in [0.717, 1.165) is 24.9 Å². The van der Waals surface area contributed by atoms with Gasteiger partial charge in [0.25, 0.3) is 0 Å². The molecule has 2 unspecified atom stereocenters. The monoisotopic (exact) mass is 273 g/mol. The second-order valence-corrected chi connectivity index (χ2v) is 7.35. The van der Waals surface area contributed by atoms with E-state index in [0.29, 0.717) is 5.41 Å². The Labute approximate surface area is 125 Å². The van der Waals surface area contributed by atoms with Crippen LogP contribution in [0.25, 0.3) is 0 Å². The van der Waals surface area contributed by atoms with E-state index in [1.807, 2.05) is 0 Å². The predicted octanol–water partition coefficient (Wildman–Crippen LogP) is 4.61. The maximum atomic E-state index is 3.74. The van der Waals surface area contributed by atoms with Gasteiger partial charge in [-0.1, -0.05) is 56.5 Å². The minimum atomic E-state index is 0.353. The van der Waals surface area contributed by atoms with Gasteiger partial charge < -0.3 is 5.32 Å². The Bertz CT molecular complexity index is 429. The van der Waals surface area contributed by atoms with Crippen LogP contribution in [0.15, 0.2) is 18.2 Å². The first kappa shape index (κ1) is 15.6. The van der Waals surface area contributed by atoms with Gasteiger partial charge in [-0.2, -0.15) is 0 Å². The van der Waals surface area contributed by atoms with Gasteiger partial charge >= 0.3 is 0 Å². The standard InChI is InChI=1S/C19H31N/c1-14(2)12-20-13-19(8-6-7-17(19)5)18-10-15(3)9-16(4)11-18/h9-11,14,17,20H,6-8,12-13H2,1-5H3. The Hall–Kier alpha value is -0.820. The lowest BCUT2D eigenvalue weighted by Crippen LogP contribution is -2.41. The van der Waals surface area contributed by atoms with Gasteiger partial charge in [-0.3, -0.25) is 0 Å². The summed E-state index contributed by atoms with van der Waals surface area (Å²) in [6.07, 6.45) is 4.08. The van der Waals surface area contributed by atoms with Gasteiger partial charge in [-0.25, -0.2) is 0 Å². The van der Waals surface area contributed by atoms with Gasteiger partial charge in [-0.05, 0) is 50.6 Å². The van der Waals surface area contributed by atoms with Crippen molar-refractivity contribution in [3.05, 3.63) is 34.9 Å². The Balaban J connectivity index is 2.27. The van der Waals surface area contributed by atoms with Crippen molar-refractivity contribution in [1.82, 2.24) is 5.32 Å². The van der Waals surface area contributed by atoms with Crippen LogP contribution in [0.3, 0.4) is 0 Å². The number of hydrogen-bond donors (Lipinski definition) is 1. The fourth-order valence-corrected chi connectivity index (χ4v) is 3.89. The molecule has 0 aliphatic heterocycles. The van der Waals surface area contributed by atoms with Gasteiger partial charge in [0.05, 0.1) is 0 Å². The van der Waals surface area contributed by atoms with E-state index in [4.69, 9.17) is 0 Å². The Morgan fingerprint density at radius 1 is 1.20 bits per heavy atom. The SMILES string of the molecule is Cc1cc(C)cc(C2(CNCC(C)C)CCCC2C)c1. The molecule has 112 valence electrons. The van der Waals surface area contributed by atoms with Crippen LogP contribution in [0, 0.1) is 25.7 Å². The Morgan fingerprint density at radius 2 is 1.85 bits per heavy atom. The zero-order valence-electron chi connectivity index (χ0n) is 13.9. The maximum absolute atomic E-state index is 3.74. The molecule has 1 N–H and O–H groups in total. The molecule has 0 spiro atoms. The van der Waals surface area contributed by atoms with Gasteiger partial charge in [0, 0.05) is 12.0 Å². The molecule has 0 heterocycles. The molecule has 1 aliphatic carbocycles. The third-order valence-corrected chi connectivity index (χ3v) is 4.99. The minimum absolute atomic E-state index is 0.353. The van der Waals surface area contributed by atoms with Gasteiger partial charge in [0.15, 0.2) is 0 Å². The quantitative estimate of drug-likeness (QED) is 0.826. The third-order valence-electron chi connectivity index (χ3n) is 4.99. The summed E-state index contributed by atoms with van der Waals surface area (Å²) in [5.41, 5.74) is 4.73. The third kappa shape index (κ3) is 3.25. The lowest BCUT2D eigenvalue weighted by Gasteiger charge is -2.36. The summed E-state index contributed by atoms with van der Waals surface area (Å²) in [5.74, 6) is 1.51. The summed E-state index contributed by atoms with van der Waals surface area (Å²) in [6, 6.07) is 7.14. The molecule has 1 nitrogen and oxygen atoms in total. The molecule has 0 bridgehead atoms. The molecule has 0 radical (unpaired) electrons. The molecule has 1 heteroatoms. The smallest absolute Gasteiger partial charge is 0.0103 e. The van der Waals surface area contributed by atoms with Crippen LogP contribution in [0.4, 0.5) is 0 Å². The van der Waals surface area contributed by atoms with Crippen molar-refractivity contribution >= 4 is 0 Å². The average Bonchev–Trinajstić information content (AvgIpc) is 2.70. The Kier molecular flexibility index (Phi) is 4.90. The first-order chi connectivity index (χ1) is 9.44. The molecule has 20 heavy (non-hydrogen) atoms. The summed E-state index contributed by atoms with van der Waals surface area (Å²) < 4.78 is 0. The van der Waals surface area contributed by atoms with Gasteiger partial charge in [-0.15, -0.1) is 0 Å². The van der Waals surface area contributed by atoms with Crippen LogP contribution in [0.5, 0.6) is 0 Å². The second kappa shape index (κ2) is 6.30. The topological polar surface area (TPSA) is 12.0 Å². The van der Waals surface area contributed by atoms with E-state index >= 15 is 0 Å². The van der Waals surface area contributed by atoms with E-state index in [-0.39, 0.29) is 0 Å². The van der Waals surface area contributed by atoms with Gasteiger partial charge in [0.2, 0.25) is 0 Å². The van der Waals surface area contributed by atoms with Crippen molar-refractivity contribution in [2.45, 2.75) is 59.3 Å². The lowest BCUT2D eigenvalue weighted by molar-refractivity contribution is 0.311. The summed E-state index contributed by atoms with van der Waals surface area (Å²) in [6.45, 7) is 13.7. The molecular formula is C19H31N. The molecule has 2 rings (SSSR count). The first-order valence-corrected chi connectivity index (χ1v) is 8.23. The summed E-state index contributed by atoms with van der Waals surface area (Å²) in [5, 5.41) is 3.74.